The van der Waals surface area contributed by atoms with Crippen LogP contribution < -0.4 is 0 Å². The molecule has 0 aliphatic carbocycles. The van der Waals surface area contributed by atoms with E-state index in [4.69, 9.17) is 9.47 Å². The van der Waals surface area contributed by atoms with Crippen LogP contribution in [0.25, 0.3) is 0 Å². The predicted octanol–water partition coefficient (Wildman–Crippen LogP) is -1.54. The second-order valence-electron chi connectivity index (χ2n) is 2.91. The molecule has 0 bridgehead atoms. The van der Waals surface area contributed by atoms with Crippen LogP contribution in [0, 0.1) is 0 Å². The molecule has 0 unspecified atom stereocenters. The van der Waals surface area contributed by atoms with Gasteiger partial charge in [-0.3, -0.25) is 0 Å². The Morgan fingerprint density at radius 1 is 1.17 bits per heavy atom. The monoisotopic (exact) mass is 178 g/mol. The number of aliphatic hydroxyl groups excluding tert-OH is 3. The molecule has 0 aromatic carbocycles. The minimum atomic E-state index is -1.18. The molecule has 0 amide bonds. The minimum absolute atomic E-state index is 0.582. The zero-order valence-electron chi connectivity index (χ0n) is 7.04. The summed E-state index contributed by atoms with van der Waals surface area (Å²) in [5.41, 5.74) is 0. The van der Waals surface area contributed by atoms with Gasteiger partial charge in [0.25, 0.3) is 0 Å². The number of hydrogen-bond donors (Lipinski definition) is 3. The molecule has 1 heterocycles. The Bertz CT molecular complexity index is 151. The maximum Gasteiger partial charge on any atom is 0.184 e. The lowest BCUT2D eigenvalue weighted by atomic mass is 10.00. The topological polar surface area (TPSA) is 79.2 Å². The first-order valence-electron chi connectivity index (χ1n) is 3.80. The van der Waals surface area contributed by atoms with Gasteiger partial charge in [-0.1, -0.05) is 0 Å². The van der Waals surface area contributed by atoms with Gasteiger partial charge >= 0.3 is 0 Å². The Balaban J connectivity index is 2.65. The van der Waals surface area contributed by atoms with Gasteiger partial charge in [0.15, 0.2) is 6.29 Å². The molecule has 72 valence electrons. The van der Waals surface area contributed by atoms with E-state index >= 15 is 0 Å². The first-order valence-corrected chi connectivity index (χ1v) is 3.80. The highest BCUT2D eigenvalue weighted by Crippen LogP contribution is 2.20. The largest absolute Gasteiger partial charge is 0.388 e. The summed E-state index contributed by atoms with van der Waals surface area (Å²) >= 11 is 0. The maximum atomic E-state index is 9.36. The summed E-state index contributed by atoms with van der Waals surface area (Å²) in [7, 11) is 1.34. The molecule has 1 fully saturated rings. The quantitative estimate of drug-likeness (QED) is 0.453. The fraction of sp³-hybridized carbons (Fsp3) is 1.00. The zero-order valence-corrected chi connectivity index (χ0v) is 7.04. The van der Waals surface area contributed by atoms with E-state index in [9.17, 15) is 15.3 Å². The van der Waals surface area contributed by atoms with Crippen molar-refractivity contribution in [2.24, 2.45) is 0 Å². The average molecular weight is 178 g/mol. The molecule has 1 aliphatic heterocycles. The normalized spacial score (nSPS) is 49.2. The van der Waals surface area contributed by atoms with Crippen LogP contribution in [0.1, 0.15) is 6.92 Å². The highest BCUT2D eigenvalue weighted by Gasteiger charge is 2.41. The fourth-order valence-corrected chi connectivity index (χ4v) is 1.27. The molecule has 5 heteroatoms. The van der Waals surface area contributed by atoms with Gasteiger partial charge < -0.3 is 24.8 Å². The predicted molar refractivity (Wildman–Crippen MR) is 39.4 cm³/mol. The van der Waals surface area contributed by atoms with Gasteiger partial charge in [0, 0.05) is 7.11 Å². The molecule has 12 heavy (non-hydrogen) atoms. The summed E-state index contributed by atoms with van der Waals surface area (Å²) in [4.78, 5) is 0. The van der Waals surface area contributed by atoms with E-state index in [2.05, 4.69) is 0 Å². The second-order valence-corrected chi connectivity index (χ2v) is 2.91. The van der Waals surface area contributed by atoms with E-state index < -0.39 is 30.7 Å². The second kappa shape index (κ2) is 3.68. The zero-order chi connectivity index (χ0) is 9.30. The van der Waals surface area contributed by atoms with Crippen LogP contribution in [0.15, 0.2) is 0 Å². The van der Waals surface area contributed by atoms with Crippen molar-refractivity contribution in [3.05, 3.63) is 0 Å². The molecule has 1 aliphatic rings. The first-order chi connectivity index (χ1) is 5.57. The van der Waals surface area contributed by atoms with Crippen LogP contribution >= 0.6 is 0 Å². The highest BCUT2D eigenvalue weighted by atomic mass is 16.7. The Labute approximate surface area is 70.5 Å². The summed E-state index contributed by atoms with van der Waals surface area (Å²) < 4.78 is 9.64. The Morgan fingerprint density at radius 3 is 2.25 bits per heavy atom. The summed E-state index contributed by atoms with van der Waals surface area (Å²) in [6, 6.07) is 0. The van der Waals surface area contributed by atoms with Gasteiger partial charge in [0.2, 0.25) is 0 Å². The summed E-state index contributed by atoms with van der Waals surface area (Å²) in [6.45, 7) is 1.57. The van der Waals surface area contributed by atoms with E-state index in [0.29, 0.717) is 0 Å². The Hall–Kier alpha value is -0.200. The van der Waals surface area contributed by atoms with E-state index in [1.807, 2.05) is 0 Å². The lowest BCUT2D eigenvalue weighted by Crippen LogP contribution is -2.57. The molecular formula is C7H14O5. The standard InChI is InChI=1S/C7H14O5/c1-3-4(8)5(9)6(11-2)7(10)12-3/h3-10H,1-2H3/t3-,4+,5-,6-,7-/m1/s1. The van der Waals surface area contributed by atoms with E-state index in [0.717, 1.165) is 0 Å². The molecule has 0 aromatic heterocycles. The average Bonchev–Trinajstić information content (AvgIpc) is 2.01. The first kappa shape index (κ1) is 9.88. The van der Waals surface area contributed by atoms with E-state index in [1.165, 1.54) is 7.11 Å². The van der Waals surface area contributed by atoms with E-state index in [-0.39, 0.29) is 0 Å². The number of hydrogen-bond acceptors (Lipinski definition) is 5. The fourth-order valence-electron chi connectivity index (χ4n) is 1.27. The summed E-state index contributed by atoms with van der Waals surface area (Å²) in [6.07, 6.45) is -4.76. The van der Waals surface area contributed by atoms with Gasteiger partial charge in [-0.15, -0.1) is 0 Å². The van der Waals surface area contributed by atoms with Crippen molar-refractivity contribution in [3.63, 3.8) is 0 Å². The van der Waals surface area contributed by atoms with Crippen molar-refractivity contribution < 1.29 is 24.8 Å². The third-order valence-electron chi connectivity index (χ3n) is 2.07. The molecule has 1 saturated heterocycles. The Morgan fingerprint density at radius 2 is 1.75 bits per heavy atom. The maximum absolute atomic E-state index is 9.36. The van der Waals surface area contributed by atoms with Crippen LogP contribution in [0.5, 0.6) is 0 Å². The molecule has 0 spiro atoms. The third kappa shape index (κ3) is 1.60. The molecule has 5 nitrogen and oxygen atoms in total. The van der Waals surface area contributed by atoms with Gasteiger partial charge in [0.05, 0.1) is 6.10 Å². The molecule has 5 atom stereocenters. The van der Waals surface area contributed by atoms with Gasteiger partial charge in [-0.05, 0) is 6.92 Å². The third-order valence-corrected chi connectivity index (χ3v) is 2.07. The van der Waals surface area contributed by atoms with E-state index in [1.54, 1.807) is 6.92 Å². The van der Waals surface area contributed by atoms with Crippen LogP contribution in [-0.2, 0) is 9.47 Å². The molecule has 0 saturated carbocycles. The Kier molecular flexibility index (Phi) is 3.03. The molecule has 1 rings (SSSR count). The summed E-state index contributed by atoms with van der Waals surface area (Å²) in [5, 5.41) is 27.9. The number of aliphatic hydroxyl groups is 3. The number of methoxy groups -OCH3 is 1. The van der Waals surface area contributed by atoms with Gasteiger partial charge in [-0.2, -0.15) is 0 Å². The smallest absolute Gasteiger partial charge is 0.184 e. The van der Waals surface area contributed by atoms with Gasteiger partial charge in [0.1, 0.15) is 18.3 Å². The molecular weight excluding hydrogens is 164 g/mol. The van der Waals surface area contributed by atoms with Crippen LogP contribution in [0.3, 0.4) is 0 Å². The van der Waals surface area contributed by atoms with Crippen molar-refractivity contribution in [1.29, 1.82) is 0 Å². The van der Waals surface area contributed by atoms with Crippen LogP contribution in [0.4, 0.5) is 0 Å². The van der Waals surface area contributed by atoms with Crippen LogP contribution in [0.2, 0.25) is 0 Å². The van der Waals surface area contributed by atoms with Crippen LogP contribution in [-0.4, -0.2) is 53.1 Å². The molecule has 0 radical (unpaired) electrons. The lowest BCUT2D eigenvalue weighted by Gasteiger charge is -2.38. The van der Waals surface area contributed by atoms with Gasteiger partial charge in [-0.25, -0.2) is 0 Å². The van der Waals surface area contributed by atoms with Crippen molar-refractivity contribution in [2.45, 2.75) is 37.6 Å². The van der Waals surface area contributed by atoms with Crippen molar-refractivity contribution >= 4 is 0 Å². The molecule has 3 N–H and O–H groups in total. The van der Waals surface area contributed by atoms with Crippen molar-refractivity contribution in [1.82, 2.24) is 0 Å². The minimum Gasteiger partial charge on any atom is -0.388 e. The highest BCUT2D eigenvalue weighted by molar-refractivity contribution is 4.87. The SMILES string of the molecule is CO[C@@H]1[C@H](O)[C@@H](O)[C@@H](C)O[C@H]1O. The number of ether oxygens (including phenoxy) is 2. The molecule has 0 aromatic rings. The number of rotatable bonds is 1. The summed E-state index contributed by atoms with van der Waals surface area (Å²) in [5.74, 6) is 0. The van der Waals surface area contributed by atoms with Crippen molar-refractivity contribution in [3.8, 4) is 0 Å². The van der Waals surface area contributed by atoms with Crippen molar-refractivity contribution in [2.75, 3.05) is 7.11 Å². The lowest BCUT2D eigenvalue weighted by molar-refractivity contribution is -0.283.